The van der Waals surface area contributed by atoms with Crippen molar-refractivity contribution in [2.45, 2.75) is 13.0 Å². The summed E-state index contributed by atoms with van der Waals surface area (Å²) < 4.78 is 1.82. The van der Waals surface area contributed by atoms with E-state index in [0.717, 1.165) is 5.56 Å². The second-order valence-corrected chi connectivity index (χ2v) is 7.41. The molecule has 1 amide bonds. The van der Waals surface area contributed by atoms with Crippen LogP contribution in [0.3, 0.4) is 0 Å². The van der Waals surface area contributed by atoms with Crippen LogP contribution in [0, 0.1) is 0 Å². The Labute approximate surface area is 183 Å². The summed E-state index contributed by atoms with van der Waals surface area (Å²) in [5, 5.41) is 26.2. The molecule has 4 N–H and O–H groups in total. The van der Waals surface area contributed by atoms with Gasteiger partial charge in [0.2, 0.25) is 5.91 Å². The highest BCUT2D eigenvalue weighted by Crippen LogP contribution is 2.35. The molecule has 158 valence electrons. The van der Waals surface area contributed by atoms with Gasteiger partial charge in [-0.1, -0.05) is 35.9 Å². The number of aliphatic hydroxyl groups is 1. The molecule has 0 spiro atoms. The highest BCUT2D eigenvalue weighted by atomic mass is 35.5. The van der Waals surface area contributed by atoms with Gasteiger partial charge in [0.1, 0.15) is 22.9 Å². The zero-order valence-corrected chi connectivity index (χ0v) is 17.3. The lowest BCUT2D eigenvalue weighted by Crippen LogP contribution is -2.13. The molecule has 0 atom stereocenters. The number of phenolic OH excluding ortho intramolecular Hbond substituents is 1. The summed E-state index contributed by atoms with van der Waals surface area (Å²) in [5.74, 6) is 0.499. The van der Waals surface area contributed by atoms with Gasteiger partial charge in [-0.05, 0) is 42.0 Å². The van der Waals surface area contributed by atoms with Crippen LogP contribution in [0.2, 0.25) is 5.02 Å². The third-order valence-corrected chi connectivity index (χ3v) is 4.98. The van der Waals surface area contributed by atoms with Gasteiger partial charge in [-0.3, -0.25) is 9.20 Å². The number of hydrogen-bond acceptors (Lipinski definition) is 5. The first-order valence-electron chi connectivity index (χ1n) is 9.74. The average Bonchev–Trinajstić information content (AvgIpc) is 3.10. The van der Waals surface area contributed by atoms with Gasteiger partial charge in [0.05, 0.1) is 18.7 Å². The Bertz CT molecular complexity index is 1240. The summed E-state index contributed by atoms with van der Waals surface area (Å²) >= 11 is 6.11. The quantitative estimate of drug-likeness (QED) is 0.346. The predicted molar refractivity (Wildman–Crippen MR) is 121 cm³/mol. The van der Waals surface area contributed by atoms with E-state index in [9.17, 15) is 9.90 Å². The minimum Gasteiger partial charge on any atom is -0.507 e. The van der Waals surface area contributed by atoms with E-state index in [1.54, 1.807) is 36.5 Å². The van der Waals surface area contributed by atoms with Crippen molar-refractivity contribution in [2.75, 3.05) is 17.2 Å². The molecule has 0 bridgehead atoms. The number of carbonyl (C=O) groups excluding carboxylic acids is 1. The number of rotatable bonds is 7. The topological polar surface area (TPSA) is 98.9 Å². The van der Waals surface area contributed by atoms with E-state index >= 15 is 0 Å². The molecule has 7 nitrogen and oxygen atoms in total. The Morgan fingerprint density at radius 1 is 1.10 bits per heavy atom. The Morgan fingerprint density at radius 2 is 1.94 bits per heavy atom. The number of carbonyl (C=O) groups is 1. The van der Waals surface area contributed by atoms with Crippen molar-refractivity contribution in [1.29, 1.82) is 0 Å². The largest absolute Gasteiger partial charge is 0.507 e. The summed E-state index contributed by atoms with van der Waals surface area (Å²) in [6.45, 7) is 0.263. The third-order valence-electron chi connectivity index (χ3n) is 4.75. The van der Waals surface area contributed by atoms with Crippen LogP contribution in [-0.4, -0.2) is 32.1 Å². The van der Waals surface area contributed by atoms with E-state index in [2.05, 4.69) is 10.6 Å². The number of para-hydroxylation sites is 1. The number of phenols is 1. The smallest absolute Gasteiger partial charge is 0.226 e. The zero-order valence-electron chi connectivity index (χ0n) is 16.5. The molecule has 4 aromatic rings. The number of aromatic hydroxyl groups is 1. The molecule has 0 radical (unpaired) electrons. The van der Waals surface area contributed by atoms with Gasteiger partial charge >= 0.3 is 0 Å². The second-order valence-electron chi connectivity index (χ2n) is 6.98. The van der Waals surface area contributed by atoms with Crippen LogP contribution in [-0.2, 0) is 11.3 Å². The standard InChI is InChI=1S/C23H21ClN4O3/c24-16-5-3-4-15(12-16)13-25-23-22(18-6-1-2-7-19(18)30)27-20-9-8-17(14-28(20)23)26-21(31)10-11-29/h1-9,12,14,25,29-30H,10-11,13H2,(H,26,31). The first-order valence-corrected chi connectivity index (χ1v) is 10.1. The van der Waals surface area contributed by atoms with E-state index in [4.69, 9.17) is 21.7 Å². The Kier molecular flexibility index (Phi) is 6.06. The number of nitrogens with one attached hydrogen (secondary N) is 2. The number of imidazole rings is 1. The summed E-state index contributed by atoms with van der Waals surface area (Å²) in [4.78, 5) is 16.6. The molecule has 8 heteroatoms. The molecule has 2 heterocycles. The third kappa shape index (κ3) is 4.63. The minimum atomic E-state index is -0.281. The lowest BCUT2D eigenvalue weighted by Gasteiger charge is -2.11. The van der Waals surface area contributed by atoms with Gasteiger partial charge in [-0.2, -0.15) is 0 Å². The lowest BCUT2D eigenvalue weighted by atomic mass is 10.1. The van der Waals surface area contributed by atoms with Crippen molar-refractivity contribution in [1.82, 2.24) is 9.38 Å². The van der Waals surface area contributed by atoms with Crippen LogP contribution in [0.1, 0.15) is 12.0 Å². The van der Waals surface area contributed by atoms with E-state index in [1.165, 1.54) is 0 Å². The van der Waals surface area contributed by atoms with Crippen LogP contribution in [0.4, 0.5) is 11.5 Å². The van der Waals surface area contributed by atoms with E-state index in [-0.39, 0.29) is 24.7 Å². The second kappa shape index (κ2) is 9.07. The van der Waals surface area contributed by atoms with E-state index in [0.29, 0.717) is 40.0 Å². The van der Waals surface area contributed by atoms with Crippen molar-refractivity contribution in [3.8, 4) is 17.0 Å². The number of pyridine rings is 1. The summed E-state index contributed by atoms with van der Waals surface area (Å²) in [6, 6.07) is 18.0. The molecule has 2 aromatic carbocycles. The average molecular weight is 437 g/mol. The molecule has 0 aliphatic heterocycles. The molecule has 31 heavy (non-hydrogen) atoms. The maximum absolute atomic E-state index is 11.9. The van der Waals surface area contributed by atoms with Gasteiger partial charge in [0, 0.05) is 23.3 Å². The number of aromatic nitrogens is 2. The van der Waals surface area contributed by atoms with E-state index < -0.39 is 0 Å². The first kappa shape index (κ1) is 20.7. The van der Waals surface area contributed by atoms with Crippen LogP contribution >= 0.6 is 11.6 Å². The molecule has 0 saturated heterocycles. The van der Waals surface area contributed by atoms with E-state index in [1.807, 2.05) is 34.7 Å². The Morgan fingerprint density at radius 3 is 2.71 bits per heavy atom. The molecule has 0 aliphatic carbocycles. The molecule has 0 saturated carbocycles. The van der Waals surface area contributed by atoms with Gasteiger partial charge in [-0.15, -0.1) is 0 Å². The van der Waals surface area contributed by atoms with Crippen LogP contribution in [0.25, 0.3) is 16.9 Å². The summed E-state index contributed by atoms with van der Waals surface area (Å²) in [7, 11) is 0. The first-order chi connectivity index (χ1) is 15.0. The molecular formula is C23H21ClN4O3. The maximum Gasteiger partial charge on any atom is 0.226 e. The Balaban J connectivity index is 1.77. The highest BCUT2D eigenvalue weighted by Gasteiger charge is 2.17. The minimum absolute atomic E-state index is 0.0188. The SMILES string of the molecule is O=C(CCO)Nc1ccc2nc(-c3ccccc3O)c(NCc3cccc(Cl)c3)n2c1. The van der Waals surface area contributed by atoms with Crippen LogP contribution < -0.4 is 10.6 Å². The number of benzene rings is 2. The van der Waals surface area contributed by atoms with Crippen LogP contribution in [0.15, 0.2) is 66.9 Å². The van der Waals surface area contributed by atoms with Gasteiger partial charge in [-0.25, -0.2) is 4.98 Å². The zero-order chi connectivity index (χ0) is 21.8. The number of amides is 1. The predicted octanol–water partition coefficient (Wildman–Crippen LogP) is 4.29. The molecule has 0 unspecified atom stereocenters. The van der Waals surface area contributed by atoms with Crippen LogP contribution in [0.5, 0.6) is 5.75 Å². The van der Waals surface area contributed by atoms with Gasteiger partial charge < -0.3 is 20.8 Å². The van der Waals surface area contributed by atoms with Crippen molar-refractivity contribution in [3.63, 3.8) is 0 Å². The number of fused-ring (bicyclic) bond motifs is 1. The number of aliphatic hydroxyl groups excluding tert-OH is 1. The number of hydrogen-bond donors (Lipinski definition) is 4. The van der Waals surface area contributed by atoms with Crippen molar-refractivity contribution < 1.29 is 15.0 Å². The fourth-order valence-electron chi connectivity index (χ4n) is 3.31. The number of halogens is 1. The number of nitrogens with zero attached hydrogens (tertiary/aromatic N) is 2. The van der Waals surface area contributed by atoms with Crippen molar-refractivity contribution in [2.24, 2.45) is 0 Å². The number of anilines is 2. The fourth-order valence-corrected chi connectivity index (χ4v) is 3.52. The van der Waals surface area contributed by atoms with Crippen molar-refractivity contribution >= 4 is 34.7 Å². The molecular weight excluding hydrogens is 416 g/mol. The normalized spacial score (nSPS) is 10.9. The summed E-state index contributed by atoms with van der Waals surface area (Å²) in [5.41, 5.74) is 3.37. The maximum atomic E-state index is 11.9. The lowest BCUT2D eigenvalue weighted by molar-refractivity contribution is -0.116. The Hall–Kier alpha value is -3.55. The van der Waals surface area contributed by atoms with Gasteiger partial charge in [0.15, 0.2) is 0 Å². The molecule has 0 aliphatic rings. The fraction of sp³-hybridized carbons (Fsp3) is 0.130. The molecule has 0 fully saturated rings. The molecule has 2 aromatic heterocycles. The highest BCUT2D eigenvalue weighted by molar-refractivity contribution is 6.30. The molecule has 4 rings (SSSR count). The van der Waals surface area contributed by atoms with Gasteiger partial charge in [0.25, 0.3) is 0 Å². The monoisotopic (exact) mass is 436 g/mol. The summed E-state index contributed by atoms with van der Waals surface area (Å²) in [6.07, 6.45) is 1.77. The van der Waals surface area contributed by atoms with Crippen molar-refractivity contribution in [3.05, 3.63) is 77.4 Å².